The maximum atomic E-state index is 13.1. The molecule has 2 saturated heterocycles. The van der Waals surface area contributed by atoms with Crippen LogP contribution in [0.25, 0.3) is 0 Å². The number of hydrogen-bond donors (Lipinski definition) is 0. The summed E-state index contributed by atoms with van der Waals surface area (Å²) in [5, 5.41) is 0. The first-order valence-corrected chi connectivity index (χ1v) is 10.1. The Morgan fingerprint density at radius 2 is 1.75 bits per heavy atom. The highest BCUT2D eigenvalue weighted by atomic mass is 19.1. The molecule has 2 fully saturated rings. The van der Waals surface area contributed by atoms with E-state index < -0.39 is 0 Å². The van der Waals surface area contributed by atoms with Gasteiger partial charge >= 0.3 is 0 Å². The molecule has 4 rings (SSSR count). The summed E-state index contributed by atoms with van der Waals surface area (Å²) in [5.41, 5.74) is 2.61. The second-order valence-electron chi connectivity index (χ2n) is 7.85. The number of aromatic nitrogens is 1. The van der Waals surface area contributed by atoms with E-state index in [2.05, 4.69) is 21.7 Å². The van der Waals surface area contributed by atoms with E-state index in [-0.39, 0.29) is 11.7 Å². The van der Waals surface area contributed by atoms with Gasteiger partial charge in [-0.05, 0) is 55.2 Å². The minimum atomic E-state index is -0.230. The number of halogens is 1. The first kappa shape index (κ1) is 18.7. The number of hydrogen-bond acceptors (Lipinski definition) is 4. The molecular formula is C22H27FN4O. The third-order valence-corrected chi connectivity index (χ3v) is 5.74. The Bertz CT molecular complexity index is 818. The lowest BCUT2D eigenvalue weighted by atomic mass is 10.00. The average Bonchev–Trinajstić information content (AvgIpc) is 2.74. The number of anilines is 2. The van der Waals surface area contributed by atoms with Crippen LogP contribution in [0.4, 0.5) is 15.8 Å². The van der Waals surface area contributed by atoms with Crippen molar-refractivity contribution in [2.24, 2.45) is 5.92 Å². The molecule has 0 aliphatic carbocycles. The van der Waals surface area contributed by atoms with Gasteiger partial charge in [0, 0.05) is 56.8 Å². The summed E-state index contributed by atoms with van der Waals surface area (Å²) in [6.45, 7) is 7.11. The summed E-state index contributed by atoms with van der Waals surface area (Å²) >= 11 is 0. The fourth-order valence-corrected chi connectivity index (χ4v) is 4.14. The largest absolute Gasteiger partial charge is 0.371 e. The predicted octanol–water partition coefficient (Wildman–Crippen LogP) is 3.42. The van der Waals surface area contributed by atoms with E-state index >= 15 is 0 Å². The number of carbonyl (C=O) groups excluding carboxylic acids is 1. The zero-order valence-corrected chi connectivity index (χ0v) is 16.4. The lowest BCUT2D eigenvalue weighted by molar-refractivity contribution is 0.0741. The Balaban J connectivity index is 1.40. The molecule has 6 heteroatoms. The van der Waals surface area contributed by atoms with Crippen molar-refractivity contribution in [2.75, 3.05) is 49.1 Å². The molecule has 1 unspecified atom stereocenters. The Hall–Kier alpha value is -2.63. The molecule has 1 amide bonds. The van der Waals surface area contributed by atoms with Crippen molar-refractivity contribution in [2.45, 2.75) is 19.8 Å². The molecule has 0 N–H and O–H groups in total. The van der Waals surface area contributed by atoms with Crippen LogP contribution in [0.3, 0.4) is 0 Å². The van der Waals surface area contributed by atoms with Crippen LogP contribution in [-0.2, 0) is 0 Å². The number of pyridine rings is 1. The van der Waals surface area contributed by atoms with Crippen LogP contribution in [0.2, 0.25) is 0 Å². The van der Waals surface area contributed by atoms with E-state index in [1.807, 2.05) is 17.0 Å². The number of rotatable bonds is 3. The molecule has 1 atom stereocenters. The van der Waals surface area contributed by atoms with Crippen molar-refractivity contribution in [3.8, 4) is 0 Å². The maximum absolute atomic E-state index is 13.1. The zero-order valence-electron chi connectivity index (χ0n) is 16.4. The molecule has 2 aliphatic heterocycles. The fourth-order valence-electron chi connectivity index (χ4n) is 4.14. The molecule has 0 saturated carbocycles. The lowest BCUT2D eigenvalue weighted by Gasteiger charge is -2.36. The SMILES string of the molecule is CC1CCCN(c2ccnc(C(=O)N3CCN(c4ccc(F)cc4)CC3)c2)C1. The van der Waals surface area contributed by atoms with Gasteiger partial charge in [-0.25, -0.2) is 4.39 Å². The lowest BCUT2D eigenvalue weighted by Crippen LogP contribution is -2.49. The van der Waals surface area contributed by atoms with E-state index in [0.29, 0.717) is 24.7 Å². The van der Waals surface area contributed by atoms with E-state index in [0.717, 1.165) is 37.6 Å². The van der Waals surface area contributed by atoms with Gasteiger partial charge in [-0.1, -0.05) is 6.92 Å². The second-order valence-corrected chi connectivity index (χ2v) is 7.85. The average molecular weight is 382 g/mol. The van der Waals surface area contributed by atoms with Crippen molar-refractivity contribution >= 4 is 17.3 Å². The standard InChI is InChI=1S/C22H27FN4O/c1-17-3-2-10-27(16-17)20-8-9-24-21(15-20)22(28)26-13-11-25(12-14-26)19-6-4-18(23)5-7-19/h4-9,15,17H,2-3,10-14,16H2,1H3. The fraction of sp³-hybridized carbons (Fsp3) is 0.455. The van der Waals surface area contributed by atoms with Crippen LogP contribution < -0.4 is 9.80 Å². The Labute approximate surface area is 165 Å². The van der Waals surface area contributed by atoms with Crippen LogP contribution in [-0.4, -0.2) is 55.1 Å². The van der Waals surface area contributed by atoms with Crippen molar-refractivity contribution in [3.05, 3.63) is 54.1 Å². The smallest absolute Gasteiger partial charge is 0.272 e. The van der Waals surface area contributed by atoms with Crippen molar-refractivity contribution < 1.29 is 9.18 Å². The number of piperidine rings is 1. The third-order valence-electron chi connectivity index (χ3n) is 5.74. The maximum Gasteiger partial charge on any atom is 0.272 e. The van der Waals surface area contributed by atoms with Crippen LogP contribution in [0.15, 0.2) is 42.6 Å². The summed E-state index contributed by atoms with van der Waals surface area (Å²) in [4.78, 5) is 23.7. The van der Waals surface area contributed by atoms with Gasteiger partial charge in [0.25, 0.3) is 5.91 Å². The van der Waals surface area contributed by atoms with E-state index in [1.165, 1.54) is 25.0 Å². The Morgan fingerprint density at radius 3 is 2.46 bits per heavy atom. The summed E-state index contributed by atoms with van der Waals surface area (Å²) in [7, 11) is 0. The minimum absolute atomic E-state index is 0.00864. The van der Waals surface area contributed by atoms with Gasteiger partial charge < -0.3 is 14.7 Å². The van der Waals surface area contributed by atoms with Crippen molar-refractivity contribution in [3.63, 3.8) is 0 Å². The highest BCUT2D eigenvalue weighted by Gasteiger charge is 2.24. The predicted molar refractivity (Wildman–Crippen MR) is 109 cm³/mol. The number of amides is 1. The first-order valence-electron chi connectivity index (χ1n) is 10.1. The molecule has 0 bridgehead atoms. The van der Waals surface area contributed by atoms with Gasteiger partial charge in [0.15, 0.2) is 0 Å². The normalized spacial score (nSPS) is 20.4. The highest BCUT2D eigenvalue weighted by molar-refractivity contribution is 5.93. The summed E-state index contributed by atoms with van der Waals surface area (Å²) in [5.74, 6) is 0.442. The molecule has 3 heterocycles. The van der Waals surface area contributed by atoms with E-state index in [4.69, 9.17) is 0 Å². The van der Waals surface area contributed by atoms with Gasteiger partial charge in [-0.2, -0.15) is 0 Å². The van der Waals surface area contributed by atoms with E-state index in [1.54, 1.807) is 18.3 Å². The molecule has 5 nitrogen and oxygen atoms in total. The van der Waals surface area contributed by atoms with Gasteiger partial charge in [0.2, 0.25) is 0 Å². The molecule has 28 heavy (non-hydrogen) atoms. The third kappa shape index (κ3) is 4.11. The molecule has 2 aromatic rings. The monoisotopic (exact) mass is 382 g/mol. The molecule has 1 aromatic heterocycles. The number of nitrogens with zero attached hydrogens (tertiary/aromatic N) is 4. The van der Waals surface area contributed by atoms with Crippen molar-refractivity contribution in [1.82, 2.24) is 9.88 Å². The van der Waals surface area contributed by atoms with Gasteiger partial charge in [-0.15, -0.1) is 0 Å². The number of benzene rings is 1. The van der Waals surface area contributed by atoms with Crippen molar-refractivity contribution in [1.29, 1.82) is 0 Å². The highest BCUT2D eigenvalue weighted by Crippen LogP contribution is 2.24. The molecule has 1 aromatic carbocycles. The molecule has 2 aliphatic rings. The summed E-state index contributed by atoms with van der Waals surface area (Å²) in [6.07, 6.45) is 4.21. The Kier molecular flexibility index (Phi) is 5.46. The van der Waals surface area contributed by atoms with E-state index in [9.17, 15) is 9.18 Å². The summed E-state index contributed by atoms with van der Waals surface area (Å²) < 4.78 is 13.1. The van der Waals surface area contributed by atoms with Crippen LogP contribution in [0.1, 0.15) is 30.3 Å². The first-order chi connectivity index (χ1) is 13.6. The van der Waals surface area contributed by atoms with Gasteiger partial charge in [0.1, 0.15) is 11.5 Å². The van der Waals surface area contributed by atoms with Crippen LogP contribution in [0, 0.1) is 11.7 Å². The zero-order chi connectivity index (χ0) is 19.5. The minimum Gasteiger partial charge on any atom is -0.371 e. The number of carbonyl (C=O) groups is 1. The van der Waals surface area contributed by atoms with Crippen LogP contribution >= 0.6 is 0 Å². The molecular weight excluding hydrogens is 355 g/mol. The van der Waals surface area contributed by atoms with Crippen LogP contribution in [0.5, 0.6) is 0 Å². The molecule has 0 spiro atoms. The molecule has 0 radical (unpaired) electrons. The number of piperazine rings is 1. The second kappa shape index (κ2) is 8.17. The van der Waals surface area contributed by atoms with Gasteiger partial charge in [0.05, 0.1) is 0 Å². The topological polar surface area (TPSA) is 39.7 Å². The Morgan fingerprint density at radius 1 is 1.00 bits per heavy atom. The molecule has 148 valence electrons. The van der Waals surface area contributed by atoms with Gasteiger partial charge in [-0.3, -0.25) is 9.78 Å². The summed E-state index contributed by atoms with van der Waals surface area (Å²) in [6, 6.07) is 10.5. The quantitative estimate of drug-likeness (QED) is 0.816.